The molecule has 3 heterocycles. The van der Waals surface area contributed by atoms with E-state index < -0.39 is 16.1 Å². The molecule has 136 valence electrons. The van der Waals surface area contributed by atoms with Gasteiger partial charge < -0.3 is 14.0 Å². The molecule has 3 aromatic rings. The van der Waals surface area contributed by atoms with E-state index in [4.69, 9.17) is 14.0 Å². The van der Waals surface area contributed by atoms with Gasteiger partial charge in [0.2, 0.25) is 10.0 Å². The first-order chi connectivity index (χ1) is 12.5. The summed E-state index contributed by atoms with van der Waals surface area (Å²) in [5, 5.41) is 5.54. The Morgan fingerprint density at radius 2 is 2.08 bits per heavy atom. The highest BCUT2D eigenvalue weighted by Gasteiger charge is 2.24. The molecule has 0 saturated carbocycles. The summed E-state index contributed by atoms with van der Waals surface area (Å²) in [7, 11) is -3.65. The first-order valence-electron chi connectivity index (χ1n) is 7.92. The first kappa shape index (κ1) is 17.1. The minimum Gasteiger partial charge on any atom is -0.486 e. The molecule has 2 aromatic heterocycles. The minimum atomic E-state index is -3.65. The average molecular weight is 392 g/mol. The number of benzene rings is 1. The average Bonchev–Trinajstić information content (AvgIpc) is 3.29. The highest BCUT2D eigenvalue weighted by molar-refractivity contribution is 7.91. The third-order valence-corrected chi connectivity index (χ3v) is 6.68. The van der Waals surface area contributed by atoms with Crippen LogP contribution in [0.25, 0.3) is 11.3 Å². The van der Waals surface area contributed by atoms with Gasteiger partial charge in [-0.1, -0.05) is 17.3 Å². The van der Waals surface area contributed by atoms with Gasteiger partial charge in [0.25, 0.3) is 0 Å². The molecule has 1 aromatic carbocycles. The number of para-hydroxylation sites is 2. The molecular weight excluding hydrogens is 376 g/mol. The van der Waals surface area contributed by atoms with Crippen LogP contribution in [0.5, 0.6) is 11.5 Å². The molecule has 0 radical (unpaired) electrons. The Kier molecular flexibility index (Phi) is 4.43. The number of thiophene rings is 1. The fourth-order valence-corrected chi connectivity index (χ4v) is 4.80. The van der Waals surface area contributed by atoms with E-state index in [-0.39, 0.29) is 17.4 Å². The molecule has 0 spiro atoms. The number of nitrogens with zero attached hydrogens (tertiary/aromatic N) is 1. The van der Waals surface area contributed by atoms with Crippen molar-refractivity contribution in [3.8, 4) is 22.8 Å². The van der Waals surface area contributed by atoms with Crippen molar-refractivity contribution in [2.45, 2.75) is 17.2 Å². The van der Waals surface area contributed by atoms with Gasteiger partial charge in [0, 0.05) is 17.0 Å². The van der Waals surface area contributed by atoms with Gasteiger partial charge in [-0.2, -0.15) is 0 Å². The minimum absolute atomic E-state index is 0.116. The van der Waals surface area contributed by atoms with Crippen molar-refractivity contribution >= 4 is 21.4 Å². The van der Waals surface area contributed by atoms with Gasteiger partial charge in [0.1, 0.15) is 16.9 Å². The number of hydrogen-bond donors (Lipinski definition) is 1. The topological polar surface area (TPSA) is 90.7 Å². The third kappa shape index (κ3) is 3.46. The quantitative estimate of drug-likeness (QED) is 0.718. The van der Waals surface area contributed by atoms with Crippen LogP contribution in [0.4, 0.5) is 0 Å². The summed E-state index contributed by atoms with van der Waals surface area (Å²) in [4.78, 5) is 0. The fourth-order valence-electron chi connectivity index (χ4n) is 2.52. The maximum Gasteiger partial charge on any atom is 0.250 e. The van der Waals surface area contributed by atoms with Gasteiger partial charge in [-0.05, 0) is 25.1 Å². The number of ether oxygens (including phenoxy) is 2. The van der Waals surface area contributed by atoms with Crippen LogP contribution >= 0.6 is 11.3 Å². The zero-order valence-corrected chi connectivity index (χ0v) is 15.5. The lowest BCUT2D eigenvalue weighted by molar-refractivity contribution is 0.0943. The van der Waals surface area contributed by atoms with Crippen LogP contribution in [0.1, 0.15) is 5.69 Å². The van der Waals surface area contributed by atoms with Crippen molar-refractivity contribution < 1.29 is 22.4 Å². The summed E-state index contributed by atoms with van der Waals surface area (Å²) in [6, 6.07) is 10.6. The third-order valence-electron chi connectivity index (χ3n) is 3.82. The Hall–Kier alpha value is -2.36. The van der Waals surface area contributed by atoms with E-state index in [2.05, 4.69) is 9.88 Å². The second kappa shape index (κ2) is 6.75. The lowest BCUT2D eigenvalue weighted by Crippen LogP contribution is -2.40. The number of fused-ring (bicyclic) bond motifs is 1. The Morgan fingerprint density at radius 1 is 1.27 bits per heavy atom. The standard InChI is InChI=1S/C17H16N2O5S2/c1-11-6-16(24-19-11)12-7-17(25-10-12)26(20,21)18-8-13-9-22-14-4-2-3-5-15(14)23-13/h2-7,10,13,18H,8-9H2,1H3. The van der Waals surface area contributed by atoms with E-state index in [0.29, 0.717) is 22.8 Å². The van der Waals surface area contributed by atoms with Crippen molar-refractivity contribution in [3.63, 3.8) is 0 Å². The second-order valence-electron chi connectivity index (χ2n) is 5.84. The molecule has 1 atom stereocenters. The number of aromatic nitrogens is 1. The molecule has 0 amide bonds. The summed E-state index contributed by atoms with van der Waals surface area (Å²) in [6.45, 7) is 2.21. The highest BCUT2D eigenvalue weighted by Crippen LogP contribution is 2.31. The van der Waals surface area contributed by atoms with Crippen molar-refractivity contribution in [1.29, 1.82) is 0 Å². The fraction of sp³-hybridized carbons (Fsp3) is 0.235. The van der Waals surface area contributed by atoms with Gasteiger partial charge >= 0.3 is 0 Å². The maximum atomic E-state index is 12.5. The predicted molar refractivity (Wildman–Crippen MR) is 96.1 cm³/mol. The zero-order valence-electron chi connectivity index (χ0n) is 13.8. The molecule has 26 heavy (non-hydrogen) atoms. The molecule has 0 aliphatic carbocycles. The first-order valence-corrected chi connectivity index (χ1v) is 10.3. The molecule has 1 unspecified atom stereocenters. The summed E-state index contributed by atoms with van der Waals surface area (Å²) in [5.41, 5.74) is 1.42. The summed E-state index contributed by atoms with van der Waals surface area (Å²) < 4.78 is 44.4. The second-order valence-corrected chi connectivity index (χ2v) is 8.74. The number of nitrogens with one attached hydrogen (secondary N) is 1. The van der Waals surface area contributed by atoms with E-state index in [0.717, 1.165) is 17.0 Å². The Labute approximate surface area is 154 Å². The molecule has 1 aliphatic heterocycles. The van der Waals surface area contributed by atoms with Crippen molar-refractivity contribution in [1.82, 2.24) is 9.88 Å². The molecule has 4 rings (SSSR count). The van der Waals surface area contributed by atoms with E-state index in [1.807, 2.05) is 25.1 Å². The van der Waals surface area contributed by atoms with Crippen LogP contribution < -0.4 is 14.2 Å². The lowest BCUT2D eigenvalue weighted by atomic mass is 10.2. The molecule has 7 nitrogen and oxygen atoms in total. The van der Waals surface area contributed by atoms with E-state index >= 15 is 0 Å². The molecule has 0 bridgehead atoms. The normalized spacial score (nSPS) is 16.6. The van der Waals surface area contributed by atoms with E-state index in [1.54, 1.807) is 23.6 Å². The summed E-state index contributed by atoms with van der Waals surface area (Å²) >= 11 is 1.13. The highest BCUT2D eigenvalue weighted by atomic mass is 32.2. The van der Waals surface area contributed by atoms with Gasteiger partial charge in [-0.15, -0.1) is 11.3 Å². The Morgan fingerprint density at radius 3 is 2.85 bits per heavy atom. The van der Waals surface area contributed by atoms with Crippen LogP contribution in [-0.4, -0.2) is 32.8 Å². The molecule has 0 saturated heterocycles. The summed E-state index contributed by atoms with van der Waals surface area (Å²) in [6.07, 6.45) is -0.393. The summed E-state index contributed by atoms with van der Waals surface area (Å²) in [5.74, 6) is 1.82. The van der Waals surface area contributed by atoms with Gasteiger partial charge in [0.15, 0.2) is 17.3 Å². The van der Waals surface area contributed by atoms with Gasteiger partial charge in [-0.25, -0.2) is 13.1 Å². The molecule has 1 aliphatic rings. The largest absolute Gasteiger partial charge is 0.486 e. The Balaban J connectivity index is 1.43. The molecule has 9 heteroatoms. The number of rotatable bonds is 5. The smallest absolute Gasteiger partial charge is 0.250 e. The van der Waals surface area contributed by atoms with Crippen molar-refractivity contribution in [2.24, 2.45) is 0 Å². The molecule has 0 fully saturated rings. The van der Waals surface area contributed by atoms with Gasteiger partial charge in [0.05, 0.1) is 12.2 Å². The van der Waals surface area contributed by atoms with E-state index in [1.165, 1.54) is 0 Å². The van der Waals surface area contributed by atoms with Crippen molar-refractivity contribution in [3.05, 3.63) is 47.5 Å². The van der Waals surface area contributed by atoms with Crippen LogP contribution in [-0.2, 0) is 10.0 Å². The van der Waals surface area contributed by atoms with Crippen LogP contribution in [0.2, 0.25) is 0 Å². The van der Waals surface area contributed by atoms with Crippen LogP contribution in [0.3, 0.4) is 0 Å². The monoisotopic (exact) mass is 392 g/mol. The number of sulfonamides is 1. The maximum absolute atomic E-state index is 12.5. The number of hydrogen-bond acceptors (Lipinski definition) is 7. The SMILES string of the molecule is Cc1cc(-c2csc(S(=O)(=O)NCC3COc4ccccc4O3)c2)on1. The van der Waals surface area contributed by atoms with E-state index in [9.17, 15) is 8.42 Å². The molecule has 1 N–H and O–H groups in total. The molecular formula is C17H16N2O5S2. The van der Waals surface area contributed by atoms with Crippen LogP contribution in [0, 0.1) is 6.92 Å². The van der Waals surface area contributed by atoms with Crippen LogP contribution in [0.15, 0.2) is 50.5 Å². The Bertz CT molecular complexity index is 1030. The van der Waals surface area contributed by atoms with Crippen molar-refractivity contribution in [2.75, 3.05) is 13.2 Å². The van der Waals surface area contributed by atoms with Gasteiger partial charge in [-0.3, -0.25) is 0 Å². The number of aryl methyl sites for hydroxylation is 1. The zero-order chi connectivity index (χ0) is 18.1. The lowest BCUT2D eigenvalue weighted by Gasteiger charge is -2.26. The predicted octanol–water partition coefficient (Wildman–Crippen LogP) is 2.83.